The predicted molar refractivity (Wildman–Crippen MR) is 85.8 cm³/mol. The standard InChI is InChI=1S/C17H26N2O3/c1-12-11-18(2)9-8-15(12)19(3)17(21)16(20)13-6-5-7-14(10-13)22-4/h5-7,10,12,15-16,20H,8-9,11H2,1-4H3. The Balaban J connectivity index is 2.09. The van der Waals surface area contributed by atoms with Crippen LogP contribution in [0.3, 0.4) is 0 Å². The third kappa shape index (κ3) is 3.59. The molecule has 1 amide bonds. The summed E-state index contributed by atoms with van der Waals surface area (Å²) in [6.45, 7) is 4.10. The number of carbonyl (C=O) groups excluding carboxylic acids is 1. The van der Waals surface area contributed by atoms with E-state index in [1.165, 1.54) is 0 Å². The molecule has 0 spiro atoms. The summed E-state index contributed by atoms with van der Waals surface area (Å²) in [7, 11) is 5.46. The van der Waals surface area contributed by atoms with E-state index in [0.717, 1.165) is 19.5 Å². The number of ether oxygens (including phenoxy) is 1. The molecule has 1 saturated heterocycles. The summed E-state index contributed by atoms with van der Waals surface area (Å²) < 4.78 is 5.15. The van der Waals surface area contributed by atoms with E-state index in [9.17, 15) is 9.90 Å². The lowest BCUT2D eigenvalue weighted by molar-refractivity contribution is -0.143. The van der Waals surface area contributed by atoms with Crippen LogP contribution in [-0.4, -0.2) is 61.2 Å². The summed E-state index contributed by atoms with van der Waals surface area (Å²) in [5.74, 6) is 0.777. The van der Waals surface area contributed by atoms with Crippen LogP contribution in [0, 0.1) is 5.92 Å². The van der Waals surface area contributed by atoms with Crippen molar-refractivity contribution in [2.24, 2.45) is 5.92 Å². The van der Waals surface area contributed by atoms with Gasteiger partial charge in [0.1, 0.15) is 5.75 Å². The first-order valence-electron chi connectivity index (χ1n) is 7.71. The van der Waals surface area contributed by atoms with Crippen LogP contribution < -0.4 is 4.74 Å². The summed E-state index contributed by atoms with van der Waals surface area (Å²) in [5.41, 5.74) is 0.566. The van der Waals surface area contributed by atoms with Gasteiger partial charge in [-0.2, -0.15) is 0 Å². The summed E-state index contributed by atoms with van der Waals surface area (Å²) in [5, 5.41) is 10.4. The van der Waals surface area contributed by atoms with Crippen LogP contribution in [0.25, 0.3) is 0 Å². The molecule has 1 fully saturated rings. The molecule has 122 valence electrons. The number of nitrogens with zero attached hydrogens (tertiary/aromatic N) is 2. The molecule has 0 bridgehead atoms. The minimum Gasteiger partial charge on any atom is -0.497 e. The molecular weight excluding hydrogens is 280 g/mol. The lowest BCUT2D eigenvalue weighted by Gasteiger charge is -2.40. The average molecular weight is 306 g/mol. The van der Waals surface area contributed by atoms with Gasteiger partial charge in [0, 0.05) is 19.6 Å². The van der Waals surface area contributed by atoms with Gasteiger partial charge < -0.3 is 19.6 Å². The van der Waals surface area contributed by atoms with Gasteiger partial charge >= 0.3 is 0 Å². The molecule has 0 aliphatic carbocycles. The SMILES string of the molecule is COc1cccc(C(O)C(=O)N(C)C2CCN(C)CC2C)c1. The molecule has 5 nitrogen and oxygen atoms in total. The van der Waals surface area contributed by atoms with E-state index in [4.69, 9.17) is 4.74 Å². The van der Waals surface area contributed by atoms with E-state index in [2.05, 4.69) is 18.9 Å². The molecule has 0 aromatic heterocycles. The van der Waals surface area contributed by atoms with Crippen molar-refractivity contribution in [3.8, 4) is 5.75 Å². The van der Waals surface area contributed by atoms with Crippen LogP contribution in [0.5, 0.6) is 5.75 Å². The molecule has 1 aromatic rings. The van der Waals surface area contributed by atoms with Crippen LogP contribution >= 0.6 is 0 Å². The Morgan fingerprint density at radius 3 is 2.86 bits per heavy atom. The quantitative estimate of drug-likeness (QED) is 0.916. The number of likely N-dealkylation sites (tertiary alicyclic amines) is 1. The topological polar surface area (TPSA) is 53.0 Å². The minimum atomic E-state index is -1.15. The van der Waals surface area contributed by atoms with E-state index < -0.39 is 6.10 Å². The number of hydrogen-bond donors (Lipinski definition) is 1. The molecule has 3 unspecified atom stereocenters. The van der Waals surface area contributed by atoms with E-state index in [1.54, 1.807) is 43.3 Å². The number of hydrogen-bond acceptors (Lipinski definition) is 4. The van der Waals surface area contributed by atoms with Crippen LogP contribution in [0.15, 0.2) is 24.3 Å². The first-order chi connectivity index (χ1) is 10.4. The zero-order chi connectivity index (χ0) is 16.3. The van der Waals surface area contributed by atoms with Crippen molar-refractivity contribution in [3.05, 3.63) is 29.8 Å². The third-order valence-electron chi connectivity index (χ3n) is 4.55. The lowest BCUT2D eigenvalue weighted by atomic mass is 9.92. The van der Waals surface area contributed by atoms with Crippen molar-refractivity contribution in [3.63, 3.8) is 0 Å². The van der Waals surface area contributed by atoms with Crippen molar-refractivity contribution < 1.29 is 14.6 Å². The van der Waals surface area contributed by atoms with Crippen molar-refractivity contribution in [2.45, 2.75) is 25.5 Å². The van der Waals surface area contributed by atoms with Gasteiger partial charge in [-0.15, -0.1) is 0 Å². The maximum Gasteiger partial charge on any atom is 0.256 e. The molecule has 1 aromatic carbocycles. The summed E-state index contributed by atoms with van der Waals surface area (Å²) in [6.07, 6.45) is -0.211. The molecule has 2 rings (SSSR count). The second-order valence-corrected chi connectivity index (χ2v) is 6.22. The van der Waals surface area contributed by atoms with E-state index in [1.807, 2.05) is 0 Å². The van der Waals surface area contributed by atoms with Crippen LogP contribution in [-0.2, 0) is 4.79 Å². The molecule has 1 heterocycles. The Kier molecular flexibility index (Phi) is 5.42. The van der Waals surface area contributed by atoms with Crippen LogP contribution in [0.2, 0.25) is 0 Å². The highest BCUT2D eigenvalue weighted by Crippen LogP contribution is 2.25. The Morgan fingerprint density at radius 2 is 2.23 bits per heavy atom. The Morgan fingerprint density at radius 1 is 1.50 bits per heavy atom. The first kappa shape index (κ1) is 16.8. The second kappa shape index (κ2) is 7.11. The highest BCUT2D eigenvalue weighted by molar-refractivity contribution is 5.82. The molecule has 0 saturated carbocycles. The van der Waals surface area contributed by atoms with Crippen molar-refractivity contribution in [2.75, 3.05) is 34.3 Å². The molecule has 3 atom stereocenters. The highest BCUT2D eigenvalue weighted by atomic mass is 16.5. The molecule has 1 N–H and O–H groups in total. The van der Waals surface area contributed by atoms with Gasteiger partial charge in [0.25, 0.3) is 5.91 Å². The molecule has 0 radical (unpaired) electrons. The average Bonchev–Trinajstić information content (AvgIpc) is 2.53. The molecular formula is C17H26N2O3. The van der Waals surface area contributed by atoms with Gasteiger partial charge in [-0.25, -0.2) is 0 Å². The van der Waals surface area contributed by atoms with Gasteiger partial charge in [-0.05, 0) is 43.6 Å². The predicted octanol–water partition coefficient (Wildman–Crippen LogP) is 1.53. The number of aliphatic hydroxyl groups excluding tert-OH is 1. The van der Waals surface area contributed by atoms with Gasteiger partial charge in [-0.3, -0.25) is 4.79 Å². The zero-order valence-electron chi connectivity index (χ0n) is 13.8. The van der Waals surface area contributed by atoms with Crippen LogP contribution in [0.1, 0.15) is 25.0 Å². The van der Waals surface area contributed by atoms with Crippen molar-refractivity contribution in [1.82, 2.24) is 9.80 Å². The van der Waals surface area contributed by atoms with Gasteiger partial charge in [0.15, 0.2) is 6.10 Å². The van der Waals surface area contributed by atoms with E-state index in [0.29, 0.717) is 17.2 Å². The number of piperidine rings is 1. The van der Waals surface area contributed by atoms with Gasteiger partial charge in [0.05, 0.1) is 7.11 Å². The maximum absolute atomic E-state index is 12.6. The fraction of sp³-hybridized carbons (Fsp3) is 0.588. The Bertz CT molecular complexity index is 520. The normalized spacial score (nSPS) is 23.9. The Labute approximate surface area is 132 Å². The summed E-state index contributed by atoms with van der Waals surface area (Å²) in [6, 6.07) is 7.20. The monoisotopic (exact) mass is 306 g/mol. The first-order valence-corrected chi connectivity index (χ1v) is 7.71. The van der Waals surface area contributed by atoms with E-state index in [-0.39, 0.29) is 11.9 Å². The highest BCUT2D eigenvalue weighted by Gasteiger charge is 2.32. The third-order valence-corrected chi connectivity index (χ3v) is 4.55. The number of rotatable bonds is 4. The van der Waals surface area contributed by atoms with Gasteiger partial charge in [-0.1, -0.05) is 19.1 Å². The fourth-order valence-corrected chi connectivity index (χ4v) is 3.23. The molecule has 1 aliphatic heterocycles. The van der Waals surface area contributed by atoms with Crippen molar-refractivity contribution >= 4 is 5.91 Å². The number of benzene rings is 1. The second-order valence-electron chi connectivity index (χ2n) is 6.22. The largest absolute Gasteiger partial charge is 0.497 e. The number of likely N-dealkylation sites (N-methyl/N-ethyl adjacent to an activating group) is 1. The number of carbonyl (C=O) groups is 1. The van der Waals surface area contributed by atoms with Crippen LogP contribution in [0.4, 0.5) is 0 Å². The Hall–Kier alpha value is -1.59. The lowest BCUT2D eigenvalue weighted by Crippen LogP contribution is -2.50. The number of aliphatic hydroxyl groups is 1. The number of amides is 1. The van der Waals surface area contributed by atoms with Crippen molar-refractivity contribution in [1.29, 1.82) is 0 Å². The smallest absolute Gasteiger partial charge is 0.256 e. The van der Waals surface area contributed by atoms with Gasteiger partial charge in [0.2, 0.25) is 0 Å². The molecule has 1 aliphatic rings. The molecule has 5 heteroatoms. The summed E-state index contributed by atoms with van der Waals surface area (Å²) in [4.78, 5) is 16.6. The number of methoxy groups -OCH3 is 1. The maximum atomic E-state index is 12.6. The minimum absolute atomic E-state index is 0.170. The summed E-state index contributed by atoms with van der Waals surface area (Å²) >= 11 is 0. The zero-order valence-corrected chi connectivity index (χ0v) is 13.8. The molecule has 22 heavy (non-hydrogen) atoms. The fourth-order valence-electron chi connectivity index (χ4n) is 3.23. The van der Waals surface area contributed by atoms with E-state index >= 15 is 0 Å².